The molecule has 2 aromatic carbocycles. The Bertz CT molecular complexity index is 752. The van der Waals surface area contributed by atoms with E-state index in [4.69, 9.17) is 9.29 Å². The van der Waals surface area contributed by atoms with E-state index in [1.165, 1.54) is 12.1 Å². The van der Waals surface area contributed by atoms with Crippen molar-refractivity contribution in [1.82, 2.24) is 0 Å². The lowest BCUT2D eigenvalue weighted by atomic mass is 10.1. The van der Waals surface area contributed by atoms with Gasteiger partial charge >= 0.3 is 5.97 Å². The number of hydrogen-bond donors (Lipinski definition) is 4. The summed E-state index contributed by atoms with van der Waals surface area (Å²) in [6.07, 6.45) is 1.89. The molecule has 0 spiro atoms. The van der Waals surface area contributed by atoms with Gasteiger partial charge < -0.3 is 15.2 Å². The molecule has 0 amide bonds. The molecule has 0 fully saturated rings. The van der Waals surface area contributed by atoms with Crippen LogP contribution in [0.1, 0.15) is 30.1 Å². The van der Waals surface area contributed by atoms with E-state index in [2.05, 4.69) is 17.0 Å². The van der Waals surface area contributed by atoms with E-state index in [1.54, 1.807) is 12.1 Å². The third-order valence-electron chi connectivity index (χ3n) is 3.36. The number of carboxylic acids is 1. The smallest absolute Gasteiger partial charge is 0.337 e. The predicted molar refractivity (Wildman–Crippen MR) is 97.7 cm³/mol. The van der Waals surface area contributed by atoms with Crippen molar-refractivity contribution in [3.63, 3.8) is 0 Å². The molecule has 0 heterocycles. The number of para-hydroxylation sites is 1. The Morgan fingerprint density at radius 1 is 1.20 bits per heavy atom. The van der Waals surface area contributed by atoms with Crippen molar-refractivity contribution in [3.8, 4) is 11.5 Å². The molecule has 0 aliphatic rings. The van der Waals surface area contributed by atoms with E-state index in [0.29, 0.717) is 23.7 Å². The third-order valence-corrected chi connectivity index (χ3v) is 3.76. The summed E-state index contributed by atoms with van der Waals surface area (Å²) in [6, 6.07) is 11.8. The number of carboxylic acid groups (broad SMARTS) is 1. The van der Waals surface area contributed by atoms with Crippen molar-refractivity contribution in [2.24, 2.45) is 0 Å². The standard InChI is InChI=1S/C17H20N2O5S/c1-2-3-9-18-15-10-13(17(20)21)14(19-25(22)23)11-16(15)24-12-7-5-4-6-8-12/h4-8,10-11,18-19H,2-3,9H2,1H3,(H,20,21)(H,22,23). The molecule has 1 atom stereocenters. The van der Waals surface area contributed by atoms with E-state index in [9.17, 15) is 14.1 Å². The second-order valence-electron chi connectivity index (χ2n) is 5.25. The fraction of sp³-hybridized carbons (Fsp3) is 0.235. The molecule has 8 heteroatoms. The lowest BCUT2D eigenvalue weighted by molar-refractivity contribution is 0.0698. The van der Waals surface area contributed by atoms with E-state index < -0.39 is 17.2 Å². The average Bonchev–Trinajstić information content (AvgIpc) is 2.57. The predicted octanol–water partition coefficient (Wildman–Crippen LogP) is 3.94. The van der Waals surface area contributed by atoms with Gasteiger partial charge in [0.25, 0.3) is 11.3 Å². The molecule has 0 saturated carbocycles. The number of anilines is 2. The van der Waals surface area contributed by atoms with Gasteiger partial charge in [-0.3, -0.25) is 9.27 Å². The van der Waals surface area contributed by atoms with Crippen LogP contribution in [0.4, 0.5) is 11.4 Å². The summed E-state index contributed by atoms with van der Waals surface area (Å²) in [5.41, 5.74) is 0.381. The van der Waals surface area contributed by atoms with Crippen LogP contribution in [0.5, 0.6) is 11.5 Å². The van der Waals surface area contributed by atoms with Gasteiger partial charge in [-0.2, -0.15) is 0 Å². The molecule has 0 bridgehead atoms. The Labute approximate surface area is 148 Å². The summed E-state index contributed by atoms with van der Waals surface area (Å²) < 4.78 is 28.1. The van der Waals surface area contributed by atoms with Crippen LogP contribution < -0.4 is 14.8 Å². The number of carbonyl (C=O) groups is 1. The fourth-order valence-electron chi connectivity index (χ4n) is 2.17. The minimum atomic E-state index is -2.40. The molecular weight excluding hydrogens is 344 g/mol. The number of unbranched alkanes of at least 4 members (excludes halogenated alkanes) is 1. The van der Waals surface area contributed by atoms with Gasteiger partial charge in [0.05, 0.1) is 16.9 Å². The van der Waals surface area contributed by atoms with Crippen LogP contribution in [-0.2, 0) is 11.3 Å². The molecule has 25 heavy (non-hydrogen) atoms. The van der Waals surface area contributed by atoms with Crippen molar-refractivity contribution in [2.75, 3.05) is 16.6 Å². The summed E-state index contributed by atoms with van der Waals surface area (Å²) in [4.78, 5) is 11.5. The van der Waals surface area contributed by atoms with Gasteiger partial charge in [-0.25, -0.2) is 9.00 Å². The van der Waals surface area contributed by atoms with Crippen LogP contribution >= 0.6 is 0 Å². The molecule has 7 nitrogen and oxygen atoms in total. The topological polar surface area (TPSA) is 108 Å². The van der Waals surface area contributed by atoms with E-state index in [-0.39, 0.29) is 11.3 Å². The highest BCUT2D eigenvalue weighted by molar-refractivity contribution is 7.80. The molecule has 0 aliphatic carbocycles. The van der Waals surface area contributed by atoms with E-state index in [0.717, 1.165) is 12.8 Å². The molecule has 2 aromatic rings. The highest BCUT2D eigenvalue weighted by Crippen LogP contribution is 2.35. The number of benzene rings is 2. The van der Waals surface area contributed by atoms with Crippen molar-refractivity contribution in [2.45, 2.75) is 19.8 Å². The maximum atomic E-state index is 11.5. The minimum absolute atomic E-state index is 0.000283. The van der Waals surface area contributed by atoms with E-state index >= 15 is 0 Å². The highest BCUT2D eigenvalue weighted by Gasteiger charge is 2.17. The largest absolute Gasteiger partial charge is 0.478 e. The van der Waals surface area contributed by atoms with Gasteiger partial charge in [-0.1, -0.05) is 31.5 Å². The third kappa shape index (κ3) is 5.47. The van der Waals surface area contributed by atoms with Gasteiger partial charge in [-0.05, 0) is 24.6 Å². The Kier molecular flexibility index (Phi) is 6.79. The number of nitrogens with one attached hydrogen (secondary N) is 2. The number of hydrogen-bond acceptors (Lipinski definition) is 4. The van der Waals surface area contributed by atoms with Gasteiger partial charge in [-0.15, -0.1) is 0 Å². The molecule has 134 valence electrons. The Morgan fingerprint density at radius 3 is 2.52 bits per heavy atom. The maximum absolute atomic E-state index is 11.5. The summed E-state index contributed by atoms with van der Waals surface area (Å²) in [5, 5.41) is 12.5. The SMILES string of the molecule is CCCCNc1cc(C(=O)O)c(NS(=O)O)cc1Oc1ccccc1. The van der Waals surface area contributed by atoms with Crippen molar-refractivity contribution in [1.29, 1.82) is 0 Å². The van der Waals surface area contributed by atoms with Gasteiger partial charge in [0, 0.05) is 12.6 Å². The summed E-state index contributed by atoms with van der Waals surface area (Å²) in [6.45, 7) is 2.70. The first-order chi connectivity index (χ1) is 12.0. The zero-order valence-corrected chi connectivity index (χ0v) is 14.5. The van der Waals surface area contributed by atoms with Gasteiger partial charge in [0.15, 0.2) is 5.75 Å². The molecule has 0 aliphatic heterocycles. The fourth-order valence-corrected chi connectivity index (χ4v) is 2.53. The molecule has 0 radical (unpaired) electrons. The van der Waals surface area contributed by atoms with Gasteiger partial charge in [0.2, 0.25) is 0 Å². The lowest BCUT2D eigenvalue weighted by Crippen LogP contribution is -2.11. The molecule has 2 rings (SSSR count). The Balaban J connectivity index is 2.43. The van der Waals surface area contributed by atoms with Crippen LogP contribution in [0.3, 0.4) is 0 Å². The Morgan fingerprint density at radius 2 is 1.92 bits per heavy atom. The second kappa shape index (κ2) is 9.05. The van der Waals surface area contributed by atoms with Crippen LogP contribution in [0.25, 0.3) is 0 Å². The zero-order chi connectivity index (χ0) is 18.2. The number of ether oxygens (including phenoxy) is 1. The highest BCUT2D eigenvalue weighted by atomic mass is 32.2. The van der Waals surface area contributed by atoms with Crippen LogP contribution in [0, 0.1) is 0 Å². The molecule has 0 saturated heterocycles. The zero-order valence-electron chi connectivity index (χ0n) is 13.7. The van der Waals surface area contributed by atoms with Crippen molar-refractivity contribution in [3.05, 3.63) is 48.0 Å². The molecular formula is C17H20N2O5S. The quantitative estimate of drug-likeness (QED) is 0.396. The summed E-state index contributed by atoms with van der Waals surface area (Å²) >= 11 is -2.40. The van der Waals surface area contributed by atoms with Crippen molar-refractivity contribution >= 4 is 28.6 Å². The van der Waals surface area contributed by atoms with E-state index in [1.807, 2.05) is 18.2 Å². The first-order valence-corrected chi connectivity index (χ1v) is 8.87. The molecule has 0 aromatic heterocycles. The monoisotopic (exact) mass is 364 g/mol. The summed E-state index contributed by atoms with van der Waals surface area (Å²) in [7, 11) is 0. The van der Waals surface area contributed by atoms with Gasteiger partial charge in [0.1, 0.15) is 5.75 Å². The Hall–Kier alpha value is -2.58. The number of rotatable bonds is 9. The summed E-state index contributed by atoms with van der Waals surface area (Å²) in [5.74, 6) is -0.279. The first-order valence-electron chi connectivity index (χ1n) is 7.77. The van der Waals surface area contributed by atoms with Crippen LogP contribution in [-0.4, -0.2) is 26.4 Å². The van der Waals surface area contributed by atoms with Crippen LogP contribution in [0.15, 0.2) is 42.5 Å². The molecule has 4 N–H and O–H groups in total. The molecule has 1 unspecified atom stereocenters. The number of aromatic carboxylic acids is 1. The first kappa shape index (κ1) is 18.8. The minimum Gasteiger partial charge on any atom is -0.478 e. The van der Waals surface area contributed by atoms with Crippen LogP contribution in [0.2, 0.25) is 0 Å². The average molecular weight is 364 g/mol. The maximum Gasteiger partial charge on any atom is 0.337 e. The second-order valence-corrected chi connectivity index (χ2v) is 5.95. The normalized spacial score (nSPS) is 11.6. The lowest BCUT2D eigenvalue weighted by Gasteiger charge is -2.16. The van der Waals surface area contributed by atoms with Crippen molar-refractivity contribution < 1.29 is 23.4 Å².